The Hall–Kier alpha value is -0.930. The summed E-state index contributed by atoms with van der Waals surface area (Å²) in [6, 6.07) is 0. The highest BCUT2D eigenvalue weighted by molar-refractivity contribution is 5.64. The molecule has 8 nitrogen and oxygen atoms in total. The molecule has 1 aliphatic heterocycles. The number of hydrogen-bond acceptors (Lipinski definition) is 7. The van der Waals surface area contributed by atoms with Crippen molar-refractivity contribution < 1.29 is 34.4 Å². The van der Waals surface area contributed by atoms with E-state index in [4.69, 9.17) is 0 Å². The third-order valence-electron chi connectivity index (χ3n) is 0.504. The molecule has 1 fully saturated rings. The molecule has 0 atom stereocenters. The van der Waals surface area contributed by atoms with Crippen LogP contribution in [0.2, 0.25) is 0 Å². The topological polar surface area (TPSA) is 98.5 Å². The Morgan fingerprint density at radius 2 is 1.90 bits per heavy atom. The molecule has 1 rings (SSSR count). The highest BCUT2D eigenvalue weighted by atomic mass is 17.8. The van der Waals surface area contributed by atoms with Gasteiger partial charge in [-0.2, -0.15) is 0 Å². The van der Waals surface area contributed by atoms with Crippen LogP contribution in [0.5, 0.6) is 0 Å². The van der Waals surface area contributed by atoms with Gasteiger partial charge in [0.25, 0.3) is 0 Å². The van der Waals surface area contributed by atoms with Crippen LogP contribution in [-0.4, -0.2) is 12.6 Å². The Kier molecular flexibility index (Phi) is 2.36. The summed E-state index contributed by atoms with van der Waals surface area (Å²) in [5.41, 5.74) is 4.55. The Morgan fingerprint density at radius 1 is 1.30 bits per heavy atom. The number of ether oxygens (including phenoxy) is 1. The largest absolute Gasteiger partial charge is 0.408 e. The van der Waals surface area contributed by atoms with Gasteiger partial charge in [-0.3, -0.25) is 0 Å². The van der Waals surface area contributed by atoms with E-state index in [0.717, 1.165) is 0 Å². The Balaban J connectivity index is 2.19. The molecule has 0 spiro atoms. The number of hydrogen-bond donors (Lipinski definition) is 1. The fourth-order valence-electron chi connectivity index (χ4n) is 0.258. The highest BCUT2D eigenvalue weighted by Gasteiger charge is 2.21. The predicted molar refractivity (Wildman–Crippen MR) is 19.9 cm³/mol. The maximum atomic E-state index is 9.96. The molecule has 0 aliphatic carbocycles. The normalized spacial score (nSPS) is 20.4. The lowest BCUT2D eigenvalue weighted by atomic mass is 11.2. The van der Waals surface area contributed by atoms with Crippen LogP contribution < -0.4 is 5.73 Å². The average molecular weight is 153 g/mol. The molecular weight excluding hydrogens is 150 g/mol. The molecule has 0 aromatic heterocycles. The molecule has 8 heteroatoms. The summed E-state index contributed by atoms with van der Waals surface area (Å²) in [4.78, 5) is 17.9. The fourth-order valence-corrected chi connectivity index (χ4v) is 0.258. The van der Waals surface area contributed by atoms with Crippen molar-refractivity contribution in [1.29, 1.82) is 0 Å². The van der Waals surface area contributed by atoms with Gasteiger partial charge in [-0.05, 0) is 15.1 Å². The van der Waals surface area contributed by atoms with Crippen molar-refractivity contribution >= 4 is 6.09 Å². The maximum Gasteiger partial charge on any atom is 0.408 e. The maximum absolute atomic E-state index is 9.96. The van der Waals surface area contributed by atoms with Crippen molar-refractivity contribution in [3.8, 4) is 0 Å². The minimum Gasteiger partial charge on any atom is -0.390 e. The van der Waals surface area contributed by atoms with Crippen LogP contribution in [0.3, 0.4) is 0 Å². The summed E-state index contributed by atoms with van der Waals surface area (Å²) in [6.07, 6.45) is -1.10. The third-order valence-corrected chi connectivity index (χ3v) is 0.504. The van der Waals surface area contributed by atoms with Crippen LogP contribution in [-0.2, 0) is 29.6 Å². The third kappa shape index (κ3) is 2.13. The van der Waals surface area contributed by atoms with E-state index >= 15 is 0 Å². The lowest BCUT2D eigenvalue weighted by Crippen LogP contribution is -2.31. The first-order valence-corrected chi connectivity index (χ1v) is 2.07. The minimum atomic E-state index is -1.47. The smallest absolute Gasteiger partial charge is 0.390 e. The summed E-state index contributed by atoms with van der Waals surface area (Å²) in [7, 11) is 0. The molecule has 1 aliphatic rings. The summed E-state index contributed by atoms with van der Waals surface area (Å²) in [5, 5.41) is 11.0. The number of primary amides is 1. The van der Waals surface area contributed by atoms with Gasteiger partial charge in [0.2, 0.25) is 0 Å². The van der Waals surface area contributed by atoms with Crippen molar-refractivity contribution in [2.24, 2.45) is 5.73 Å². The molecular formula is C2H3NO7. The molecule has 10 heavy (non-hydrogen) atoms. The quantitative estimate of drug-likeness (QED) is 0.488. The van der Waals surface area contributed by atoms with Crippen LogP contribution in [0.1, 0.15) is 0 Å². The number of rotatable bonds is 1. The van der Waals surface area contributed by atoms with Gasteiger partial charge in [-0.25, -0.2) is 4.79 Å². The lowest BCUT2D eigenvalue weighted by molar-refractivity contribution is -0.802. The van der Waals surface area contributed by atoms with E-state index in [1.54, 1.807) is 0 Å². The van der Waals surface area contributed by atoms with E-state index in [0.29, 0.717) is 0 Å². The van der Waals surface area contributed by atoms with Crippen LogP contribution in [0.25, 0.3) is 0 Å². The summed E-state index contributed by atoms with van der Waals surface area (Å²) < 4.78 is 4.06. The molecule has 0 unspecified atom stereocenters. The molecule has 0 aromatic rings. The van der Waals surface area contributed by atoms with E-state index in [1.165, 1.54) is 0 Å². The van der Waals surface area contributed by atoms with Gasteiger partial charge in [0.05, 0.1) is 0 Å². The van der Waals surface area contributed by atoms with Crippen molar-refractivity contribution in [2.45, 2.75) is 6.48 Å². The van der Waals surface area contributed by atoms with Gasteiger partial charge in [-0.1, -0.05) is 0 Å². The van der Waals surface area contributed by atoms with Gasteiger partial charge in [0, 0.05) is 0 Å². The molecule has 2 N–H and O–H groups in total. The van der Waals surface area contributed by atoms with Crippen molar-refractivity contribution in [3.05, 3.63) is 0 Å². The number of nitrogens with two attached hydrogens (primary N) is 1. The second-order valence-corrected chi connectivity index (χ2v) is 1.12. The van der Waals surface area contributed by atoms with Gasteiger partial charge >= 0.3 is 12.6 Å². The monoisotopic (exact) mass is 153 g/mol. The second kappa shape index (κ2) is 3.29. The molecule has 1 amide bonds. The van der Waals surface area contributed by atoms with Crippen molar-refractivity contribution in [3.63, 3.8) is 0 Å². The van der Waals surface area contributed by atoms with E-state index in [-0.39, 0.29) is 0 Å². The predicted octanol–water partition coefficient (Wildman–Crippen LogP) is -0.878. The SMILES string of the molecule is NC(=O)OC1OOOOO1. The summed E-state index contributed by atoms with van der Waals surface area (Å²) in [5.74, 6) is 0. The molecule has 0 bridgehead atoms. The zero-order valence-electron chi connectivity index (χ0n) is 4.51. The number of carbonyl (C=O) groups is 1. The van der Waals surface area contributed by atoms with E-state index < -0.39 is 12.6 Å². The van der Waals surface area contributed by atoms with Crippen molar-refractivity contribution in [1.82, 2.24) is 0 Å². The highest BCUT2D eigenvalue weighted by Crippen LogP contribution is 2.05. The van der Waals surface area contributed by atoms with E-state index in [1.807, 2.05) is 0 Å². The number of amides is 1. The molecule has 0 saturated carbocycles. The molecule has 0 radical (unpaired) electrons. The lowest BCUT2D eigenvalue weighted by Gasteiger charge is -2.15. The van der Waals surface area contributed by atoms with Gasteiger partial charge in [-0.15, -0.1) is 9.78 Å². The Labute approximate surface area is 54.0 Å². The number of carbonyl (C=O) groups excluding carboxylic acids is 1. The van der Waals surface area contributed by atoms with Crippen LogP contribution in [0, 0.1) is 0 Å². The Morgan fingerprint density at radius 3 is 2.40 bits per heavy atom. The second-order valence-electron chi connectivity index (χ2n) is 1.12. The first kappa shape index (κ1) is 7.18. The van der Waals surface area contributed by atoms with Crippen molar-refractivity contribution in [2.75, 3.05) is 0 Å². The van der Waals surface area contributed by atoms with Crippen LogP contribution in [0.4, 0.5) is 4.79 Å². The van der Waals surface area contributed by atoms with Crippen LogP contribution >= 0.6 is 0 Å². The average Bonchev–Trinajstić information content (AvgIpc) is 1.88. The molecule has 1 saturated heterocycles. The molecule has 0 aromatic carbocycles. The van der Waals surface area contributed by atoms with E-state index in [2.05, 4.69) is 35.4 Å². The Bertz CT molecular complexity index is 119. The molecule has 58 valence electrons. The molecule has 1 heterocycles. The first-order valence-electron chi connectivity index (χ1n) is 2.07. The summed E-state index contributed by atoms with van der Waals surface area (Å²) >= 11 is 0. The standard InChI is InChI=1S/C2H3NO7/c3-1(4)5-2-6-8-10-9-7-2/h2H,(H2,3,4). The van der Waals surface area contributed by atoms with Crippen LogP contribution in [0.15, 0.2) is 0 Å². The minimum absolute atomic E-state index is 1.10. The zero-order chi connectivity index (χ0) is 7.40. The van der Waals surface area contributed by atoms with Gasteiger partial charge in [0.1, 0.15) is 0 Å². The van der Waals surface area contributed by atoms with E-state index in [9.17, 15) is 4.79 Å². The van der Waals surface area contributed by atoms with Gasteiger partial charge in [0.15, 0.2) is 0 Å². The summed E-state index contributed by atoms with van der Waals surface area (Å²) in [6.45, 7) is -1.47. The first-order chi connectivity index (χ1) is 4.79. The zero-order valence-corrected chi connectivity index (χ0v) is 4.51. The van der Waals surface area contributed by atoms with Gasteiger partial charge < -0.3 is 10.5 Å². The fraction of sp³-hybridized carbons (Fsp3) is 0.500.